The molecular weight excluding hydrogens is 322 g/mol. The molecule has 23 heavy (non-hydrogen) atoms. The fourth-order valence-electron chi connectivity index (χ4n) is 3.02. The second-order valence-corrected chi connectivity index (χ2v) is 8.24. The van der Waals surface area contributed by atoms with E-state index >= 15 is 0 Å². The first kappa shape index (κ1) is 17.5. The lowest BCUT2D eigenvalue weighted by Crippen LogP contribution is -2.56. The van der Waals surface area contributed by atoms with Crippen LogP contribution in [0, 0.1) is 0 Å². The van der Waals surface area contributed by atoms with Crippen molar-refractivity contribution in [2.45, 2.75) is 43.4 Å². The second kappa shape index (κ2) is 6.35. The molecule has 0 unspecified atom stereocenters. The number of carboxylic acids is 1. The molecule has 1 aliphatic rings. The molecule has 0 saturated heterocycles. The second-order valence-electron chi connectivity index (χ2n) is 6.10. The van der Waals surface area contributed by atoms with Crippen LogP contribution in [-0.4, -0.2) is 49.1 Å². The van der Waals surface area contributed by atoms with E-state index < -0.39 is 27.3 Å². The summed E-state index contributed by atoms with van der Waals surface area (Å²) >= 11 is 0. The van der Waals surface area contributed by atoms with Crippen molar-refractivity contribution in [1.29, 1.82) is 0 Å². The first-order chi connectivity index (χ1) is 10.7. The lowest BCUT2D eigenvalue weighted by molar-refractivity contribution is -0.151. The van der Waals surface area contributed by atoms with Crippen LogP contribution < -0.4 is 0 Å². The lowest BCUT2D eigenvalue weighted by atomic mass is 9.80. The number of carbonyl (C=O) groups excluding carboxylic acids is 1. The van der Waals surface area contributed by atoms with Crippen LogP contribution in [0.15, 0.2) is 16.5 Å². The summed E-state index contributed by atoms with van der Waals surface area (Å²) in [7, 11) is -1.81. The summed E-state index contributed by atoms with van der Waals surface area (Å²) in [5.74, 6) is -1.74. The number of amides is 1. The maximum atomic E-state index is 12.6. The van der Waals surface area contributed by atoms with Crippen LogP contribution in [0.5, 0.6) is 0 Å². The highest BCUT2D eigenvalue weighted by Crippen LogP contribution is 2.34. The van der Waals surface area contributed by atoms with E-state index in [1.807, 2.05) is 0 Å². The number of carbonyl (C=O) groups is 2. The summed E-state index contributed by atoms with van der Waals surface area (Å²) < 4.78 is 27.8. The Bertz CT molecular complexity index is 699. The van der Waals surface area contributed by atoms with Gasteiger partial charge in [-0.3, -0.25) is 4.79 Å². The van der Waals surface area contributed by atoms with Gasteiger partial charge < -0.3 is 14.4 Å². The van der Waals surface area contributed by atoms with Crippen LogP contribution in [0.25, 0.3) is 0 Å². The molecule has 0 aliphatic heterocycles. The number of aliphatic carboxylic acids is 1. The van der Waals surface area contributed by atoms with Gasteiger partial charge in [0.05, 0.1) is 0 Å². The number of hydrogen-bond acceptors (Lipinski definition) is 5. The summed E-state index contributed by atoms with van der Waals surface area (Å²) in [6.07, 6.45) is 4.34. The number of sulfone groups is 1. The molecule has 0 atom stereocenters. The Morgan fingerprint density at radius 3 is 2.39 bits per heavy atom. The molecule has 1 amide bonds. The minimum atomic E-state index is -3.27. The molecule has 1 aromatic rings. The molecule has 1 heterocycles. The molecule has 0 spiro atoms. The number of hydrogen-bond donors (Lipinski definition) is 1. The number of nitrogens with zero attached hydrogens (tertiary/aromatic N) is 1. The zero-order chi connectivity index (χ0) is 17.3. The van der Waals surface area contributed by atoms with Crippen LogP contribution in [0.3, 0.4) is 0 Å². The summed E-state index contributed by atoms with van der Waals surface area (Å²) in [5, 5.41) is 9.61. The first-order valence-corrected chi connectivity index (χ1v) is 9.50. The van der Waals surface area contributed by atoms with Gasteiger partial charge in [0.2, 0.25) is 0 Å². The zero-order valence-corrected chi connectivity index (χ0v) is 14.1. The molecule has 8 heteroatoms. The van der Waals surface area contributed by atoms with Crippen LogP contribution >= 0.6 is 0 Å². The van der Waals surface area contributed by atoms with E-state index in [2.05, 4.69) is 0 Å². The average molecular weight is 343 g/mol. The monoisotopic (exact) mass is 343 g/mol. The van der Waals surface area contributed by atoms with Gasteiger partial charge in [-0.1, -0.05) is 19.3 Å². The standard InChI is InChI=1S/C15H21NO6S/c1-16(15(14(18)19)8-4-3-5-9-15)13(17)12-7-6-11(22-12)10-23(2,20)21/h6-7H,3-5,8-10H2,1-2H3,(H,18,19). The molecule has 128 valence electrons. The zero-order valence-electron chi connectivity index (χ0n) is 13.2. The van der Waals surface area contributed by atoms with Gasteiger partial charge in [0.1, 0.15) is 17.1 Å². The summed E-state index contributed by atoms with van der Waals surface area (Å²) in [5.41, 5.74) is -1.22. The van der Waals surface area contributed by atoms with Crippen molar-refractivity contribution in [3.8, 4) is 0 Å². The molecule has 1 saturated carbocycles. The lowest BCUT2D eigenvalue weighted by Gasteiger charge is -2.40. The van der Waals surface area contributed by atoms with Crippen molar-refractivity contribution >= 4 is 21.7 Å². The summed E-state index contributed by atoms with van der Waals surface area (Å²) in [6, 6.07) is 2.81. The van der Waals surface area contributed by atoms with Crippen molar-refractivity contribution < 1.29 is 27.5 Å². The van der Waals surface area contributed by atoms with Gasteiger partial charge in [-0.25, -0.2) is 13.2 Å². The van der Waals surface area contributed by atoms with Crippen LogP contribution in [0.2, 0.25) is 0 Å². The van der Waals surface area contributed by atoms with Gasteiger partial charge in [0, 0.05) is 13.3 Å². The quantitative estimate of drug-likeness (QED) is 0.872. The third-order valence-corrected chi connectivity index (χ3v) is 5.11. The first-order valence-electron chi connectivity index (χ1n) is 7.44. The molecular formula is C15H21NO6S. The third kappa shape index (κ3) is 3.74. The van der Waals surface area contributed by atoms with E-state index in [9.17, 15) is 23.1 Å². The summed E-state index contributed by atoms with van der Waals surface area (Å²) in [6.45, 7) is 0. The molecule has 7 nitrogen and oxygen atoms in total. The highest BCUT2D eigenvalue weighted by atomic mass is 32.2. The Morgan fingerprint density at radius 1 is 1.26 bits per heavy atom. The predicted octanol–water partition coefficient (Wildman–Crippen LogP) is 1.68. The SMILES string of the molecule is CN(C(=O)c1ccc(CS(C)(=O)=O)o1)C1(C(=O)O)CCCCC1. The third-order valence-electron chi connectivity index (χ3n) is 4.30. The van der Waals surface area contributed by atoms with Gasteiger partial charge in [-0.05, 0) is 25.0 Å². The predicted molar refractivity (Wildman–Crippen MR) is 82.8 cm³/mol. The molecule has 0 bridgehead atoms. The molecule has 0 radical (unpaired) electrons. The normalized spacial score (nSPS) is 17.7. The molecule has 1 N–H and O–H groups in total. The maximum Gasteiger partial charge on any atom is 0.329 e. The minimum Gasteiger partial charge on any atom is -0.479 e. The van der Waals surface area contributed by atoms with Crippen LogP contribution in [0.4, 0.5) is 0 Å². The van der Waals surface area contributed by atoms with E-state index in [-0.39, 0.29) is 17.3 Å². The number of furan rings is 1. The fraction of sp³-hybridized carbons (Fsp3) is 0.600. The molecule has 1 fully saturated rings. The highest BCUT2D eigenvalue weighted by molar-refractivity contribution is 7.89. The minimum absolute atomic E-state index is 0.0441. The van der Waals surface area contributed by atoms with Crippen LogP contribution in [-0.2, 0) is 20.4 Å². The number of rotatable bonds is 5. The molecule has 0 aromatic carbocycles. The molecule has 1 aliphatic carbocycles. The van der Waals surface area contributed by atoms with E-state index in [0.717, 1.165) is 25.5 Å². The average Bonchev–Trinajstić information content (AvgIpc) is 2.92. The smallest absolute Gasteiger partial charge is 0.329 e. The molecule has 1 aromatic heterocycles. The number of carboxylic acid groups (broad SMARTS) is 1. The maximum absolute atomic E-state index is 12.6. The van der Waals surface area contributed by atoms with Gasteiger partial charge in [0.25, 0.3) is 5.91 Å². The largest absolute Gasteiger partial charge is 0.479 e. The Morgan fingerprint density at radius 2 is 1.87 bits per heavy atom. The van der Waals surface area contributed by atoms with Gasteiger partial charge in [-0.2, -0.15) is 0 Å². The van der Waals surface area contributed by atoms with E-state index in [0.29, 0.717) is 12.8 Å². The van der Waals surface area contributed by atoms with Crippen molar-refractivity contribution in [3.05, 3.63) is 23.7 Å². The molecule has 2 rings (SSSR count). The van der Waals surface area contributed by atoms with E-state index in [1.165, 1.54) is 24.1 Å². The van der Waals surface area contributed by atoms with Gasteiger partial charge >= 0.3 is 5.97 Å². The Kier molecular flexibility index (Phi) is 4.84. The Hall–Kier alpha value is -1.83. The van der Waals surface area contributed by atoms with Crippen molar-refractivity contribution in [1.82, 2.24) is 4.90 Å². The van der Waals surface area contributed by atoms with Gasteiger partial charge in [0.15, 0.2) is 15.6 Å². The fourth-order valence-corrected chi connectivity index (χ4v) is 3.69. The van der Waals surface area contributed by atoms with E-state index in [4.69, 9.17) is 4.42 Å². The Balaban J connectivity index is 2.23. The van der Waals surface area contributed by atoms with Crippen LogP contribution in [0.1, 0.15) is 48.4 Å². The topological polar surface area (TPSA) is 105 Å². The highest BCUT2D eigenvalue weighted by Gasteiger charge is 2.46. The summed E-state index contributed by atoms with van der Waals surface area (Å²) in [4.78, 5) is 25.5. The Labute approximate surface area is 135 Å². The van der Waals surface area contributed by atoms with Crippen molar-refractivity contribution in [2.75, 3.05) is 13.3 Å². The number of likely N-dealkylation sites (N-methyl/N-ethyl adjacent to an activating group) is 1. The van der Waals surface area contributed by atoms with Gasteiger partial charge in [-0.15, -0.1) is 0 Å². The van der Waals surface area contributed by atoms with Crippen molar-refractivity contribution in [2.24, 2.45) is 0 Å². The van der Waals surface area contributed by atoms with Crippen molar-refractivity contribution in [3.63, 3.8) is 0 Å². The van der Waals surface area contributed by atoms with E-state index in [1.54, 1.807) is 0 Å².